The molecule has 0 bridgehead atoms. The molecule has 0 aliphatic carbocycles. The molecule has 0 aliphatic heterocycles. The smallest absolute Gasteiger partial charge is 0.335 e. The highest BCUT2D eigenvalue weighted by atomic mass is 16.4. The lowest BCUT2D eigenvalue weighted by Gasteiger charge is -2.19. The molecular weight excluding hydrogens is 232 g/mol. The van der Waals surface area contributed by atoms with Crippen LogP contribution >= 0.6 is 0 Å². The van der Waals surface area contributed by atoms with Crippen LogP contribution in [0.25, 0.3) is 0 Å². The highest BCUT2D eigenvalue weighted by molar-refractivity contribution is 5.95. The second-order valence-corrected chi connectivity index (χ2v) is 3.68. The van der Waals surface area contributed by atoms with Crippen molar-refractivity contribution in [2.75, 3.05) is 13.1 Å². The van der Waals surface area contributed by atoms with Gasteiger partial charge in [-0.05, 0) is 31.2 Å². The number of benzene rings is 1. The summed E-state index contributed by atoms with van der Waals surface area (Å²) in [5, 5.41) is 17.3. The van der Waals surface area contributed by atoms with Gasteiger partial charge in [-0.2, -0.15) is 5.26 Å². The van der Waals surface area contributed by atoms with Crippen LogP contribution in [-0.4, -0.2) is 35.0 Å². The highest BCUT2D eigenvalue weighted by Crippen LogP contribution is 2.08. The number of hydrogen-bond donors (Lipinski definition) is 1. The van der Waals surface area contributed by atoms with Crippen molar-refractivity contribution in [3.63, 3.8) is 0 Å². The van der Waals surface area contributed by atoms with Gasteiger partial charge >= 0.3 is 5.97 Å². The molecule has 94 valence electrons. The van der Waals surface area contributed by atoms with Crippen LogP contribution in [0.15, 0.2) is 24.3 Å². The molecule has 1 aromatic carbocycles. The van der Waals surface area contributed by atoms with E-state index in [1.807, 2.05) is 13.0 Å². The summed E-state index contributed by atoms with van der Waals surface area (Å²) < 4.78 is 0. The van der Waals surface area contributed by atoms with E-state index in [0.29, 0.717) is 18.7 Å². The first-order valence-electron chi connectivity index (χ1n) is 5.59. The van der Waals surface area contributed by atoms with Gasteiger partial charge in [-0.1, -0.05) is 0 Å². The molecule has 0 saturated heterocycles. The molecule has 5 heteroatoms. The molecule has 1 N–H and O–H groups in total. The number of nitriles is 1. The van der Waals surface area contributed by atoms with Crippen LogP contribution in [0.5, 0.6) is 0 Å². The Bertz CT molecular complexity index is 474. The van der Waals surface area contributed by atoms with Crippen molar-refractivity contribution in [1.29, 1.82) is 5.26 Å². The third-order valence-corrected chi connectivity index (χ3v) is 2.54. The molecular formula is C13H14N2O3. The molecule has 0 spiro atoms. The molecule has 0 radical (unpaired) electrons. The van der Waals surface area contributed by atoms with E-state index in [1.165, 1.54) is 24.3 Å². The van der Waals surface area contributed by atoms with E-state index in [1.54, 1.807) is 4.90 Å². The average Bonchev–Trinajstić information content (AvgIpc) is 2.39. The van der Waals surface area contributed by atoms with Crippen LogP contribution in [0.1, 0.15) is 34.1 Å². The first-order chi connectivity index (χ1) is 8.60. The first kappa shape index (κ1) is 13.7. The molecule has 1 rings (SSSR count). The van der Waals surface area contributed by atoms with Crippen molar-refractivity contribution in [3.8, 4) is 6.07 Å². The molecule has 0 heterocycles. The largest absolute Gasteiger partial charge is 0.478 e. The Morgan fingerprint density at radius 1 is 1.28 bits per heavy atom. The van der Waals surface area contributed by atoms with Crippen LogP contribution < -0.4 is 0 Å². The fourth-order valence-corrected chi connectivity index (χ4v) is 1.53. The lowest BCUT2D eigenvalue weighted by molar-refractivity contribution is 0.0694. The molecule has 0 saturated carbocycles. The summed E-state index contributed by atoms with van der Waals surface area (Å²) in [6.45, 7) is 2.73. The summed E-state index contributed by atoms with van der Waals surface area (Å²) in [6, 6.07) is 7.76. The van der Waals surface area contributed by atoms with Gasteiger partial charge in [0.05, 0.1) is 18.1 Å². The van der Waals surface area contributed by atoms with Crippen LogP contribution in [0, 0.1) is 11.3 Å². The van der Waals surface area contributed by atoms with Gasteiger partial charge < -0.3 is 10.0 Å². The zero-order valence-electron chi connectivity index (χ0n) is 10.1. The highest BCUT2D eigenvalue weighted by Gasteiger charge is 2.14. The van der Waals surface area contributed by atoms with Crippen molar-refractivity contribution in [2.45, 2.75) is 13.3 Å². The molecule has 5 nitrogen and oxygen atoms in total. The number of carboxylic acid groups (broad SMARTS) is 1. The number of aromatic carboxylic acids is 1. The Kier molecular flexibility index (Phi) is 4.88. The summed E-state index contributed by atoms with van der Waals surface area (Å²) in [6.07, 6.45) is 0.285. The van der Waals surface area contributed by atoms with Crippen molar-refractivity contribution in [2.24, 2.45) is 0 Å². The van der Waals surface area contributed by atoms with Crippen molar-refractivity contribution >= 4 is 11.9 Å². The number of nitrogens with zero attached hydrogens (tertiary/aromatic N) is 2. The molecule has 0 unspecified atom stereocenters. The fraction of sp³-hybridized carbons (Fsp3) is 0.308. The Morgan fingerprint density at radius 2 is 1.83 bits per heavy atom. The number of carbonyl (C=O) groups is 2. The van der Waals surface area contributed by atoms with Gasteiger partial charge in [-0.15, -0.1) is 0 Å². The van der Waals surface area contributed by atoms with Crippen LogP contribution in [-0.2, 0) is 0 Å². The number of amides is 1. The van der Waals surface area contributed by atoms with Gasteiger partial charge in [0.1, 0.15) is 0 Å². The van der Waals surface area contributed by atoms with Crippen LogP contribution in [0.4, 0.5) is 0 Å². The number of carbonyl (C=O) groups excluding carboxylic acids is 1. The second-order valence-electron chi connectivity index (χ2n) is 3.68. The normalized spacial score (nSPS) is 9.56. The summed E-state index contributed by atoms with van der Waals surface area (Å²) in [5.41, 5.74) is 0.575. The summed E-state index contributed by atoms with van der Waals surface area (Å²) in [7, 11) is 0. The van der Waals surface area contributed by atoms with E-state index in [2.05, 4.69) is 0 Å². The molecule has 18 heavy (non-hydrogen) atoms. The number of hydrogen-bond acceptors (Lipinski definition) is 3. The summed E-state index contributed by atoms with van der Waals surface area (Å²) in [5.74, 6) is -1.21. The van der Waals surface area contributed by atoms with Crippen molar-refractivity contribution in [1.82, 2.24) is 4.90 Å². The second kappa shape index (κ2) is 6.40. The average molecular weight is 246 g/mol. The third kappa shape index (κ3) is 3.32. The Balaban J connectivity index is 2.82. The third-order valence-electron chi connectivity index (χ3n) is 2.54. The van der Waals surface area contributed by atoms with E-state index in [0.717, 1.165) is 0 Å². The molecule has 1 amide bonds. The minimum atomic E-state index is -1.02. The van der Waals surface area contributed by atoms with Gasteiger partial charge in [0.25, 0.3) is 5.91 Å². The van der Waals surface area contributed by atoms with Crippen molar-refractivity contribution < 1.29 is 14.7 Å². The molecule has 0 aromatic heterocycles. The molecule has 0 fully saturated rings. The maximum Gasteiger partial charge on any atom is 0.335 e. The summed E-state index contributed by atoms with van der Waals surface area (Å²) >= 11 is 0. The summed E-state index contributed by atoms with van der Waals surface area (Å²) in [4.78, 5) is 24.3. The van der Waals surface area contributed by atoms with Gasteiger partial charge in [0.15, 0.2) is 0 Å². The van der Waals surface area contributed by atoms with E-state index in [-0.39, 0.29) is 17.9 Å². The Hall–Kier alpha value is -2.35. The van der Waals surface area contributed by atoms with Gasteiger partial charge in [0, 0.05) is 18.7 Å². The van der Waals surface area contributed by atoms with E-state index < -0.39 is 5.97 Å². The quantitative estimate of drug-likeness (QED) is 0.858. The maximum absolute atomic E-state index is 12.0. The fourth-order valence-electron chi connectivity index (χ4n) is 1.53. The minimum absolute atomic E-state index is 0.145. The van der Waals surface area contributed by atoms with Gasteiger partial charge in [0.2, 0.25) is 0 Å². The predicted octanol–water partition coefficient (Wildman–Crippen LogP) is 1.76. The minimum Gasteiger partial charge on any atom is -0.478 e. The molecule has 0 aliphatic rings. The van der Waals surface area contributed by atoms with Crippen LogP contribution in [0.2, 0.25) is 0 Å². The topological polar surface area (TPSA) is 81.4 Å². The Labute approximate surface area is 105 Å². The monoisotopic (exact) mass is 246 g/mol. The van der Waals surface area contributed by atoms with Gasteiger partial charge in [-0.25, -0.2) is 4.79 Å². The van der Waals surface area contributed by atoms with Crippen molar-refractivity contribution in [3.05, 3.63) is 35.4 Å². The van der Waals surface area contributed by atoms with E-state index in [4.69, 9.17) is 10.4 Å². The number of rotatable bonds is 5. The lowest BCUT2D eigenvalue weighted by Crippen LogP contribution is -2.31. The van der Waals surface area contributed by atoms with Gasteiger partial charge in [-0.3, -0.25) is 4.79 Å². The molecule has 0 atom stereocenters. The SMILES string of the molecule is CCN(CCC#N)C(=O)c1ccc(C(=O)O)cc1. The number of carboxylic acids is 1. The zero-order valence-corrected chi connectivity index (χ0v) is 10.1. The molecule has 1 aromatic rings. The zero-order chi connectivity index (χ0) is 13.5. The predicted molar refractivity (Wildman–Crippen MR) is 65.2 cm³/mol. The first-order valence-corrected chi connectivity index (χ1v) is 5.59. The standard InChI is InChI=1S/C13H14N2O3/c1-2-15(9-3-8-14)12(16)10-4-6-11(7-5-10)13(17)18/h4-7H,2-3,9H2,1H3,(H,17,18). The van der Waals surface area contributed by atoms with Crippen LogP contribution in [0.3, 0.4) is 0 Å². The lowest BCUT2D eigenvalue weighted by atomic mass is 10.1. The van der Waals surface area contributed by atoms with E-state index >= 15 is 0 Å². The Morgan fingerprint density at radius 3 is 2.28 bits per heavy atom. The maximum atomic E-state index is 12.0. The van der Waals surface area contributed by atoms with E-state index in [9.17, 15) is 9.59 Å².